The predicted molar refractivity (Wildman–Crippen MR) is 74.5 cm³/mol. The molecule has 8 heteroatoms. The van der Waals surface area contributed by atoms with Crippen molar-refractivity contribution in [1.82, 2.24) is 4.31 Å². The fraction of sp³-hybridized carbons (Fsp3) is 0.385. The maximum Gasteiger partial charge on any atom is 0.339 e. The lowest BCUT2D eigenvalue weighted by atomic mass is 10.2. The first-order chi connectivity index (χ1) is 9.84. The lowest BCUT2D eigenvalue weighted by Crippen LogP contribution is -2.33. The lowest BCUT2D eigenvalue weighted by Gasteiger charge is -2.20. The predicted octanol–water partition coefficient (Wildman–Crippen LogP) is 0.958. The molecule has 0 amide bonds. The van der Waals surface area contributed by atoms with Crippen LogP contribution in [0.25, 0.3) is 0 Å². The second kappa shape index (κ2) is 7.19. The molecule has 1 aromatic carbocycles. The van der Waals surface area contributed by atoms with E-state index in [1.165, 1.54) is 24.3 Å². The minimum absolute atomic E-state index is 0.0752. The molecule has 0 saturated carbocycles. The highest BCUT2D eigenvalue weighted by Gasteiger charge is 2.28. The number of carbonyl (C=O) groups excluding carboxylic acids is 1. The van der Waals surface area contributed by atoms with Crippen LogP contribution in [0.1, 0.15) is 23.7 Å². The number of hydrogen-bond donors (Lipinski definition) is 1. The summed E-state index contributed by atoms with van der Waals surface area (Å²) in [7, 11) is -2.80. The SMILES string of the molecule is CCN(CCC(=O)O)S(=O)(=O)c1ccccc1C(=O)OC. The Hall–Kier alpha value is -1.93. The maximum atomic E-state index is 12.5. The van der Waals surface area contributed by atoms with Gasteiger partial charge in [-0.05, 0) is 12.1 Å². The minimum Gasteiger partial charge on any atom is -0.481 e. The fourth-order valence-corrected chi connectivity index (χ4v) is 3.41. The van der Waals surface area contributed by atoms with E-state index in [4.69, 9.17) is 5.11 Å². The minimum atomic E-state index is -3.96. The van der Waals surface area contributed by atoms with Gasteiger partial charge in [0.1, 0.15) is 0 Å². The molecular weight excluding hydrogens is 298 g/mol. The topological polar surface area (TPSA) is 101 Å². The maximum absolute atomic E-state index is 12.5. The zero-order valence-corrected chi connectivity index (χ0v) is 12.6. The molecule has 116 valence electrons. The average Bonchev–Trinajstić information content (AvgIpc) is 2.46. The van der Waals surface area contributed by atoms with Crippen molar-refractivity contribution in [2.24, 2.45) is 0 Å². The van der Waals surface area contributed by atoms with E-state index in [2.05, 4.69) is 4.74 Å². The monoisotopic (exact) mass is 315 g/mol. The van der Waals surface area contributed by atoms with E-state index >= 15 is 0 Å². The van der Waals surface area contributed by atoms with Gasteiger partial charge in [-0.1, -0.05) is 19.1 Å². The first-order valence-corrected chi connectivity index (χ1v) is 7.67. The molecule has 0 fully saturated rings. The van der Waals surface area contributed by atoms with Crippen LogP contribution in [0.3, 0.4) is 0 Å². The third-order valence-electron chi connectivity index (χ3n) is 2.84. The third-order valence-corrected chi connectivity index (χ3v) is 4.87. The number of carboxylic acids is 1. The lowest BCUT2D eigenvalue weighted by molar-refractivity contribution is -0.137. The molecule has 0 atom stereocenters. The van der Waals surface area contributed by atoms with Gasteiger partial charge < -0.3 is 9.84 Å². The Bertz CT molecular complexity index is 625. The quantitative estimate of drug-likeness (QED) is 0.752. The van der Waals surface area contributed by atoms with E-state index in [1.54, 1.807) is 6.92 Å². The molecule has 0 aromatic heterocycles. The number of esters is 1. The molecule has 0 aliphatic rings. The molecule has 1 aromatic rings. The molecule has 0 unspecified atom stereocenters. The van der Waals surface area contributed by atoms with E-state index in [0.29, 0.717) is 0 Å². The van der Waals surface area contributed by atoms with Crippen LogP contribution >= 0.6 is 0 Å². The van der Waals surface area contributed by atoms with Gasteiger partial charge in [-0.3, -0.25) is 4.79 Å². The summed E-state index contributed by atoms with van der Waals surface area (Å²) < 4.78 is 30.7. The van der Waals surface area contributed by atoms with Crippen LogP contribution in [0.4, 0.5) is 0 Å². The van der Waals surface area contributed by atoms with E-state index in [-0.39, 0.29) is 30.0 Å². The van der Waals surface area contributed by atoms with Gasteiger partial charge in [-0.2, -0.15) is 4.31 Å². The summed E-state index contributed by atoms with van der Waals surface area (Å²) in [6, 6.07) is 5.66. The second-order valence-electron chi connectivity index (χ2n) is 4.13. The van der Waals surface area contributed by atoms with Gasteiger partial charge in [0, 0.05) is 13.1 Å². The molecule has 0 spiro atoms. The molecule has 0 saturated heterocycles. The summed E-state index contributed by atoms with van der Waals surface area (Å²) >= 11 is 0. The van der Waals surface area contributed by atoms with E-state index < -0.39 is 22.0 Å². The van der Waals surface area contributed by atoms with Crippen LogP contribution in [0.15, 0.2) is 29.2 Å². The highest BCUT2D eigenvalue weighted by molar-refractivity contribution is 7.89. The summed E-state index contributed by atoms with van der Waals surface area (Å²) in [5, 5.41) is 8.68. The number of nitrogens with zero attached hydrogens (tertiary/aromatic N) is 1. The number of rotatable bonds is 7. The van der Waals surface area contributed by atoms with Crippen LogP contribution in [-0.4, -0.2) is 50.0 Å². The van der Waals surface area contributed by atoms with Crippen LogP contribution in [-0.2, 0) is 19.6 Å². The Kier molecular flexibility index (Phi) is 5.86. The van der Waals surface area contributed by atoms with Gasteiger partial charge in [0.15, 0.2) is 0 Å². The van der Waals surface area contributed by atoms with Crippen molar-refractivity contribution in [2.45, 2.75) is 18.2 Å². The number of benzene rings is 1. The molecule has 7 nitrogen and oxygen atoms in total. The van der Waals surface area contributed by atoms with Crippen molar-refractivity contribution in [2.75, 3.05) is 20.2 Å². The second-order valence-corrected chi connectivity index (χ2v) is 6.03. The van der Waals surface area contributed by atoms with Crippen molar-refractivity contribution in [3.8, 4) is 0 Å². The molecule has 21 heavy (non-hydrogen) atoms. The van der Waals surface area contributed by atoms with Crippen LogP contribution in [0.2, 0.25) is 0 Å². The Morgan fingerprint density at radius 2 is 1.90 bits per heavy atom. The molecule has 0 heterocycles. The summed E-state index contributed by atoms with van der Waals surface area (Å²) in [6.45, 7) is 1.54. The van der Waals surface area contributed by atoms with Crippen molar-refractivity contribution in [1.29, 1.82) is 0 Å². The molecular formula is C13H17NO6S. The summed E-state index contributed by atoms with van der Waals surface area (Å²) in [5.74, 6) is -1.85. The van der Waals surface area contributed by atoms with Gasteiger partial charge >= 0.3 is 11.9 Å². The van der Waals surface area contributed by atoms with E-state index in [0.717, 1.165) is 11.4 Å². The van der Waals surface area contributed by atoms with Crippen molar-refractivity contribution < 1.29 is 27.9 Å². The van der Waals surface area contributed by atoms with Crippen LogP contribution < -0.4 is 0 Å². The largest absolute Gasteiger partial charge is 0.481 e. The first-order valence-electron chi connectivity index (χ1n) is 6.23. The Labute approximate surface area is 123 Å². The average molecular weight is 315 g/mol. The summed E-state index contributed by atoms with van der Waals surface area (Å²) in [4.78, 5) is 22.1. The number of aliphatic carboxylic acids is 1. The third kappa shape index (κ3) is 4.02. The molecule has 1 rings (SSSR count). The molecule has 0 aliphatic heterocycles. The number of methoxy groups -OCH3 is 1. The molecule has 1 N–H and O–H groups in total. The van der Waals surface area contributed by atoms with Gasteiger partial charge in [-0.15, -0.1) is 0 Å². The van der Waals surface area contributed by atoms with Crippen LogP contribution in [0, 0.1) is 0 Å². The highest BCUT2D eigenvalue weighted by Crippen LogP contribution is 2.21. The Morgan fingerprint density at radius 1 is 1.29 bits per heavy atom. The summed E-state index contributed by atoms with van der Waals surface area (Å²) in [6.07, 6.45) is -0.312. The van der Waals surface area contributed by atoms with Gasteiger partial charge in [0.05, 0.1) is 24.0 Å². The number of sulfonamides is 1. The number of hydrogen-bond acceptors (Lipinski definition) is 5. The smallest absolute Gasteiger partial charge is 0.339 e. The number of ether oxygens (including phenoxy) is 1. The Morgan fingerprint density at radius 3 is 2.43 bits per heavy atom. The number of carboxylic acid groups (broad SMARTS) is 1. The fourth-order valence-electron chi connectivity index (χ4n) is 1.78. The molecule has 0 radical (unpaired) electrons. The van der Waals surface area contributed by atoms with E-state index in [1.807, 2.05) is 0 Å². The van der Waals surface area contributed by atoms with Crippen molar-refractivity contribution in [3.05, 3.63) is 29.8 Å². The van der Waals surface area contributed by atoms with Gasteiger partial charge in [0.2, 0.25) is 10.0 Å². The zero-order chi connectivity index (χ0) is 16.0. The van der Waals surface area contributed by atoms with Gasteiger partial charge in [0.25, 0.3) is 0 Å². The summed E-state index contributed by atoms with van der Waals surface area (Å²) in [5.41, 5.74) is -0.0752. The van der Waals surface area contributed by atoms with Crippen molar-refractivity contribution in [3.63, 3.8) is 0 Å². The van der Waals surface area contributed by atoms with E-state index in [9.17, 15) is 18.0 Å². The van der Waals surface area contributed by atoms with Gasteiger partial charge in [-0.25, -0.2) is 13.2 Å². The normalized spacial score (nSPS) is 11.4. The number of carbonyl (C=O) groups is 2. The Balaban J connectivity index is 3.23. The molecule has 0 bridgehead atoms. The standard InChI is InChI=1S/C13H17NO6S/c1-3-14(9-8-12(15)16)21(18,19)11-7-5-4-6-10(11)13(17)20-2/h4-7H,3,8-9H2,1-2H3,(H,15,16). The highest BCUT2D eigenvalue weighted by atomic mass is 32.2. The van der Waals surface area contributed by atoms with Crippen molar-refractivity contribution >= 4 is 22.0 Å². The van der Waals surface area contributed by atoms with Crippen LogP contribution in [0.5, 0.6) is 0 Å². The first kappa shape index (κ1) is 17.1. The molecule has 0 aliphatic carbocycles. The zero-order valence-electron chi connectivity index (χ0n) is 11.8.